The summed E-state index contributed by atoms with van der Waals surface area (Å²) in [5.74, 6) is 1.57. The third-order valence-electron chi connectivity index (χ3n) is 4.31. The second-order valence-corrected chi connectivity index (χ2v) is 4.96. The van der Waals surface area contributed by atoms with Gasteiger partial charge in [-0.2, -0.15) is 0 Å². The molecule has 5 atom stereocenters. The van der Waals surface area contributed by atoms with E-state index in [4.69, 9.17) is 5.73 Å². The first-order valence-electron chi connectivity index (χ1n) is 5.84. The van der Waals surface area contributed by atoms with Crippen LogP contribution in [0.3, 0.4) is 0 Å². The molecule has 2 aliphatic rings. The Morgan fingerprint density at radius 2 is 2.15 bits per heavy atom. The fraction of sp³-hybridized carbons (Fsp3) is 1.00. The number of hydrogen-bond acceptors (Lipinski definition) is 1. The molecule has 2 heteroatoms. The Morgan fingerprint density at radius 1 is 1.38 bits per heavy atom. The maximum absolute atomic E-state index is 6.35. The molecule has 0 radical (unpaired) electrons. The van der Waals surface area contributed by atoms with E-state index < -0.39 is 0 Å². The number of quaternary nitrogens is 1. The maximum Gasteiger partial charge on any atom is 0.0904 e. The van der Waals surface area contributed by atoms with E-state index in [1.54, 1.807) is 0 Å². The zero-order valence-corrected chi connectivity index (χ0v) is 8.87. The van der Waals surface area contributed by atoms with Crippen molar-refractivity contribution < 1.29 is 5.32 Å². The number of piperidine rings is 1. The summed E-state index contributed by atoms with van der Waals surface area (Å²) < 4.78 is 0. The second-order valence-electron chi connectivity index (χ2n) is 4.96. The molecule has 0 spiro atoms. The number of fused-ring (bicyclic) bond motifs is 1. The van der Waals surface area contributed by atoms with E-state index in [2.05, 4.69) is 19.2 Å². The van der Waals surface area contributed by atoms with Crippen LogP contribution in [0.4, 0.5) is 0 Å². The lowest BCUT2D eigenvalue weighted by atomic mass is 9.76. The van der Waals surface area contributed by atoms with Crippen LogP contribution in [0.1, 0.15) is 39.5 Å². The summed E-state index contributed by atoms with van der Waals surface area (Å²) in [4.78, 5) is 0. The predicted octanol–water partition coefficient (Wildman–Crippen LogP) is 0.474. The molecule has 0 aromatic heterocycles. The fourth-order valence-corrected chi connectivity index (χ4v) is 3.58. The van der Waals surface area contributed by atoms with Gasteiger partial charge in [0, 0.05) is 17.9 Å². The molecule has 0 aromatic carbocycles. The van der Waals surface area contributed by atoms with Crippen LogP contribution in [0, 0.1) is 11.8 Å². The molecule has 0 amide bonds. The van der Waals surface area contributed by atoms with Crippen LogP contribution < -0.4 is 11.1 Å². The van der Waals surface area contributed by atoms with Crippen LogP contribution in [0.5, 0.6) is 0 Å². The minimum absolute atomic E-state index is 0.484. The highest BCUT2D eigenvalue weighted by Crippen LogP contribution is 2.33. The number of rotatable bonds is 1. The van der Waals surface area contributed by atoms with Gasteiger partial charge >= 0.3 is 0 Å². The first-order chi connectivity index (χ1) is 6.24. The minimum atomic E-state index is 0.484. The van der Waals surface area contributed by atoms with Crippen molar-refractivity contribution in [3.05, 3.63) is 0 Å². The molecule has 1 aliphatic carbocycles. The van der Waals surface area contributed by atoms with Crippen LogP contribution in [-0.4, -0.2) is 18.1 Å². The highest BCUT2D eigenvalue weighted by molar-refractivity contribution is 4.92. The van der Waals surface area contributed by atoms with Crippen molar-refractivity contribution in [2.45, 2.75) is 57.7 Å². The number of nitrogens with two attached hydrogens (primary N) is 2. The highest BCUT2D eigenvalue weighted by atomic mass is 15.0. The van der Waals surface area contributed by atoms with Crippen molar-refractivity contribution in [3.8, 4) is 0 Å². The van der Waals surface area contributed by atoms with E-state index in [1.807, 2.05) is 0 Å². The van der Waals surface area contributed by atoms with Gasteiger partial charge in [-0.25, -0.2) is 0 Å². The topological polar surface area (TPSA) is 42.6 Å². The largest absolute Gasteiger partial charge is 0.341 e. The molecule has 2 nitrogen and oxygen atoms in total. The lowest BCUT2D eigenvalue weighted by Crippen LogP contribution is -3.00. The monoisotopic (exact) mass is 183 g/mol. The van der Waals surface area contributed by atoms with Gasteiger partial charge in [0.15, 0.2) is 0 Å². The van der Waals surface area contributed by atoms with Crippen molar-refractivity contribution in [1.29, 1.82) is 0 Å². The molecule has 2 fully saturated rings. The first kappa shape index (κ1) is 9.47. The summed E-state index contributed by atoms with van der Waals surface area (Å²) >= 11 is 0. The Balaban J connectivity index is 2.09. The molecule has 1 heterocycles. The maximum atomic E-state index is 6.35. The Hall–Kier alpha value is -0.0800. The smallest absolute Gasteiger partial charge is 0.0904 e. The summed E-state index contributed by atoms with van der Waals surface area (Å²) in [6.45, 7) is 4.63. The van der Waals surface area contributed by atoms with Gasteiger partial charge in [-0.3, -0.25) is 0 Å². The SMILES string of the molecule is CCC1C(C)[NH2+]C2CCCC2C1N. The molecule has 2 rings (SSSR count). The zero-order valence-electron chi connectivity index (χ0n) is 8.87. The lowest BCUT2D eigenvalue weighted by molar-refractivity contribution is -0.739. The third-order valence-corrected chi connectivity index (χ3v) is 4.31. The molecule has 1 aliphatic heterocycles. The van der Waals surface area contributed by atoms with Gasteiger partial charge in [0.25, 0.3) is 0 Å². The van der Waals surface area contributed by atoms with Gasteiger partial charge in [-0.1, -0.05) is 6.92 Å². The van der Waals surface area contributed by atoms with Gasteiger partial charge in [0.05, 0.1) is 12.1 Å². The normalized spacial score (nSPS) is 50.5. The van der Waals surface area contributed by atoms with E-state index >= 15 is 0 Å². The van der Waals surface area contributed by atoms with Crippen LogP contribution in [0.25, 0.3) is 0 Å². The molecule has 5 unspecified atom stereocenters. The van der Waals surface area contributed by atoms with Gasteiger partial charge in [-0.15, -0.1) is 0 Å². The molecule has 0 bridgehead atoms. The molecule has 13 heavy (non-hydrogen) atoms. The summed E-state index contributed by atoms with van der Waals surface area (Å²) in [6.07, 6.45) is 5.44. The number of hydrogen-bond donors (Lipinski definition) is 2. The Bertz CT molecular complexity index is 179. The van der Waals surface area contributed by atoms with Gasteiger partial charge in [0.2, 0.25) is 0 Å². The Labute approximate surface area is 81.3 Å². The summed E-state index contributed by atoms with van der Waals surface area (Å²) in [7, 11) is 0. The molecular formula is C11H23N2+. The van der Waals surface area contributed by atoms with E-state index in [0.717, 1.165) is 23.9 Å². The first-order valence-corrected chi connectivity index (χ1v) is 5.84. The van der Waals surface area contributed by atoms with Gasteiger partial charge in [-0.05, 0) is 32.6 Å². The fourth-order valence-electron chi connectivity index (χ4n) is 3.58. The molecule has 1 saturated heterocycles. The van der Waals surface area contributed by atoms with Crippen molar-refractivity contribution in [2.75, 3.05) is 0 Å². The van der Waals surface area contributed by atoms with E-state index in [1.165, 1.54) is 25.7 Å². The highest BCUT2D eigenvalue weighted by Gasteiger charge is 2.45. The van der Waals surface area contributed by atoms with Crippen molar-refractivity contribution in [2.24, 2.45) is 17.6 Å². The summed E-state index contributed by atoms with van der Waals surface area (Å²) in [5, 5.41) is 2.59. The molecule has 4 N–H and O–H groups in total. The van der Waals surface area contributed by atoms with Crippen molar-refractivity contribution in [1.82, 2.24) is 0 Å². The molecule has 76 valence electrons. The quantitative estimate of drug-likeness (QED) is 0.610. The summed E-state index contributed by atoms with van der Waals surface area (Å²) in [5.41, 5.74) is 6.35. The molecule has 0 aromatic rings. The van der Waals surface area contributed by atoms with Crippen LogP contribution >= 0.6 is 0 Å². The lowest BCUT2D eigenvalue weighted by Gasteiger charge is -2.40. The Morgan fingerprint density at radius 3 is 2.85 bits per heavy atom. The average Bonchev–Trinajstić information content (AvgIpc) is 2.53. The molecule has 1 saturated carbocycles. The standard InChI is InChI=1S/C11H22N2/c1-3-8-7(2)13-10-6-4-5-9(10)11(8)12/h7-11,13H,3-6,12H2,1-2H3/p+1. The van der Waals surface area contributed by atoms with Crippen LogP contribution in [0.2, 0.25) is 0 Å². The van der Waals surface area contributed by atoms with Crippen LogP contribution in [-0.2, 0) is 0 Å². The van der Waals surface area contributed by atoms with E-state index in [9.17, 15) is 0 Å². The second kappa shape index (κ2) is 3.58. The summed E-state index contributed by atoms with van der Waals surface area (Å²) in [6, 6.07) is 2.09. The Kier molecular flexibility index (Phi) is 2.61. The van der Waals surface area contributed by atoms with Gasteiger partial charge in [0.1, 0.15) is 0 Å². The van der Waals surface area contributed by atoms with E-state index in [0.29, 0.717) is 6.04 Å². The zero-order chi connectivity index (χ0) is 9.42. The van der Waals surface area contributed by atoms with Crippen molar-refractivity contribution >= 4 is 0 Å². The van der Waals surface area contributed by atoms with Crippen LogP contribution in [0.15, 0.2) is 0 Å². The molecular weight excluding hydrogens is 160 g/mol. The van der Waals surface area contributed by atoms with E-state index in [-0.39, 0.29) is 0 Å². The van der Waals surface area contributed by atoms with Crippen molar-refractivity contribution in [3.63, 3.8) is 0 Å². The minimum Gasteiger partial charge on any atom is -0.341 e. The third kappa shape index (κ3) is 1.50. The predicted molar refractivity (Wildman–Crippen MR) is 54.3 cm³/mol. The average molecular weight is 183 g/mol. The van der Waals surface area contributed by atoms with Gasteiger partial charge < -0.3 is 11.1 Å².